The molecule has 0 aromatic heterocycles. The van der Waals surface area contributed by atoms with Crippen LogP contribution in [0.2, 0.25) is 0 Å². The molecule has 4 nitrogen and oxygen atoms in total. The summed E-state index contributed by atoms with van der Waals surface area (Å²) in [7, 11) is 0. The Balaban J connectivity index is 2.97. The van der Waals surface area contributed by atoms with Gasteiger partial charge in [-0.3, -0.25) is 4.79 Å². The fraction of sp³-hybridized carbons (Fsp3) is 0.533. The molecule has 22 heavy (non-hydrogen) atoms. The molecule has 0 bridgehead atoms. The highest BCUT2D eigenvalue weighted by Gasteiger charge is 2.39. The predicted octanol–water partition coefficient (Wildman–Crippen LogP) is 3.11. The Labute approximate surface area is 127 Å². The Bertz CT molecular complexity index is 516. The second-order valence-electron chi connectivity index (χ2n) is 5.33. The first-order valence-corrected chi connectivity index (χ1v) is 7.04. The molecule has 1 aromatic carbocycles. The molecule has 0 aliphatic rings. The van der Waals surface area contributed by atoms with Gasteiger partial charge in [0.2, 0.25) is 0 Å². The second-order valence-corrected chi connectivity index (χ2v) is 5.33. The first-order valence-electron chi connectivity index (χ1n) is 7.04. The molecule has 0 radical (unpaired) electrons. The molecule has 124 valence electrons. The van der Waals surface area contributed by atoms with Gasteiger partial charge in [-0.1, -0.05) is 19.9 Å². The zero-order chi connectivity index (χ0) is 16.9. The summed E-state index contributed by atoms with van der Waals surface area (Å²) in [6.07, 6.45) is -4.37. The Morgan fingerprint density at radius 2 is 2.00 bits per heavy atom. The van der Waals surface area contributed by atoms with E-state index in [0.717, 1.165) is 5.56 Å². The maximum Gasteiger partial charge on any atom is 0.471 e. The van der Waals surface area contributed by atoms with Gasteiger partial charge in [-0.25, -0.2) is 0 Å². The van der Waals surface area contributed by atoms with Gasteiger partial charge in [-0.05, 0) is 37.0 Å². The zero-order valence-corrected chi connectivity index (χ0v) is 12.8. The van der Waals surface area contributed by atoms with Crippen molar-refractivity contribution < 1.29 is 22.7 Å². The lowest BCUT2D eigenvalue weighted by molar-refractivity contribution is -0.167. The largest absolute Gasteiger partial charge is 0.492 e. The lowest BCUT2D eigenvalue weighted by Gasteiger charge is -2.18. The molecule has 1 aromatic rings. The van der Waals surface area contributed by atoms with Crippen molar-refractivity contribution in [3.05, 3.63) is 23.8 Å². The molecule has 0 saturated heterocycles. The van der Waals surface area contributed by atoms with Crippen molar-refractivity contribution in [3.8, 4) is 5.75 Å². The summed E-state index contributed by atoms with van der Waals surface area (Å²) >= 11 is 0. The number of hydrogen-bond acceptors (Lipinski definition) is 3. The van der Waals surface area contributed by atoms with Crippen LogP contribution in [-0.4, -0.2) is 24.7 Å². The number of anilines is 1. The first-order chi connectivity index (χ1) is 10.1. The van der Waals surface area contributed by atoms with Gasteiger partial charge in [-0.15, -0.1) is 0 Å². The van der Waals surface area contributed by atoms with E-state index >= 15 is 0 Å². The third-order valence-electron chi connectivity index (χ3n) is 3.18. The van der Waals surface area contributed by atoms with E-state index < -0.39 is 12.1 Å². The number of carbonyl (C=O) groups is 1. The first kappa shape index (κ1) is 18.3. The van der Waals surface area contributed by atoms with Gasteiger partial charge in [0, 0.05) is 6.04 Å². The summed E-state index contributed by atoms with van der Waals surface area (Å²) in [6, 6.07) is 4.58. The van der Waals surface area contributed by atoms with Crippen LogP contribution in [0.5, 0.6) is 5.75 Å². The van der Waals surface area contributed by atoms with Gasteiger partial charge in [0.1, 0.15) is 5.75 Å². The number of hydrogen-bond donors (Lipinski definition) is 2. The van der Waals surface area contributed by atoms with Crippen LogP contribution in [0.3, 0.4) is 0 Å². The van der Waals surface area contributed by atoms with Gasteiger partial charge >= 0.3 is 12.1 Å². The summed E-state index contributed by atoms with van der Waals surface area (Å²) in [6.45, 7) is 5.97. The van der Waals surface area contributed by atoms with Crippen LogP contribution in [0.25, 0.3) is 0 Å². The molecular weight excluding hydrogens is 297 g/mol. The molecule has 1 unspecified atom stereocenters. The predicted molar refractivity (Wildman–Crippen MR) is 78.8 cm³/mol. The summed E-state index contributed by atoms with van der Waals surface area (Å²) in [4.78, 5) is 11.0. The molecular formula is C15H21F3N2O2. The molecule has 1 amide bonds. The SMILES string of the molecule is CCOc1cc(CC(N)C(C)C)ccc1NC(=O)C(F)(F)F. The summed E-state index contributed by atoms with van der Waals surface area (Å²) in [5.41, 5.74) is 6.82. The summed E-state index contributed by atoms with van der Waals surface area (Å²) in [5, 5.41) is 1.82. The number of nitrogens with two attached hydrogens (primary N) is 1. The van der Waals surface area contributed by atoms with Crippen molar-refractivity contribution in [2.24, 2.45) is 11.7 Å². The van der Waals surface area contributed by atoms with E-state index in [4.69, 9.17) is 10.5 Å². The van der Waals surface area contributed by atoms with Gasteiger partial charge in [0.25, 0.3) is 0 Å². The molecule has 7 heteroatoms. The van der Waals surface area contributed by atoms with Crippen LogP contribution in [0.4, 0.5) is 18.9 Å². The van der Waals surface area contributed by atoms with E-state index in [1.165, 1.54) is 6.07 Å². The zero-order valence-electron chi connectivity index (χ0n) is 12.8. The molecule has 0 saturated carbocycles. The number of carbonyl (C=O) groups excluding carboxylic acids is 1. The van der Waals surface area contributed by atoms with Gasteiger partial charge in [0.15, 0.2) is 0 Å². The van der Waals surface area contributed by atoms with Crippen molar-refractivity contribution in [1.82, 2.24) is 0 Å². The average molecular weight is 318 g/mol. The van der Waals surface area contributed by atoms with Crippen LogP contribution in [0, 0.1) is 5.92 Å². The standard InChI is InChI=1S/C15H21F3N2O2/c1-4-22-13-8-10(7-11(19)9(2)3)5-6-12(13)20-14(21)15(16,17)18/h5-6,8-9,11H,4,7,19H2,1-3H3,(H,20,21). The Kier molecular flexibility index (Phi) is 6.22. The van der Waals surface area contributed by atoms with Crippen molar-refractivity contribution in [2.75, 3.05) is 11.9 Å². The van der Waals surface area contributed by atoms with Crippen LogP contribution in [0.15, 0.2) is 18.2 Å². The van der Waals surface area contributed by atoms with Gasteiger partial charge in [0.05, 0.1) is 12.3 Å². The average Bonchev–Trinajstić information content (AvgIpc) is 2.40. The number of amides is 1. The quantitative estimate of drug-likeness (QED) is 0.847. The van der Waals surface area contributed by atoms with Crippen molar-refractivity contribution >= 4 is 11.6 Å². The number of nitrogens with one attached hydrogen (secondary N) is 1. The number of benzene rings is 1. The molecule has 3 N–H and O–H groups in total. The Morgan fingerprint density at radius 3 is 2.50 bits per heavy atom. The van der Waals surface area contributed by atoms with Gasteiger partial charge < -0.3 is 15.8 Å². The van der Waals surface area contributed by atoms with E-state index in [9.17, 15) is 18.0 Å². The minimum atomic E-state index is -4.94. The van der Waals surface area contributed by atoms with Gasteiger partial charge in [-0.2, -0.15) is 13.2 Å². The van der Waals surface area contributed by atoms with Crippen LogP contribution < -0.4 is 15.8 Å². The van der Waals surface area contributed by atoms with Crippen molar-refractivity contribution in [1.29, 1.82) is 0 Å². The normalized spacial score (nSPS) is 13.1. The number of rotatable bonds is 6. The Morgan fingerprint density at radius 1 is 1.36 bits per heavy atom. The van der Waals surface area contributed by atoms with E-state index in [1.54, 1.807) is 19.1 Å². The second kappa shape index (κ2) is 7.49. The molecule has 0 aliphatic heterocycles. The third kappa shape index (κ3) is 5.22. The van der Waals surface area contributed by atoms with Crippen LogP contribution in [0.1, 0.15) is 26.3 Å². The number of alkyl halides is 3. The van der Waals surface area contributed by atoms with E-state index in [1.807, 2.05) is 19.2 Å². The number of halogens is 3. The smallest absolute Gasteiger partial charge is 0.471 e. The molecule has 1 rings (SSSR count). The number of ether oxygens (including phenoxy) is 1. The van der Waals surface area contributed by atoms with Crippen molar-refractivity contribution in [2.45, 2.75) is 39.4 Å². The van der Waals surface area contributed by atoms with Crippen molar-refractivity contribution in [3.63, 3.8) is 0 Å². The van der Waals surface area contributed by atoms with E-state index in [-0.39, 0.29) is 30.0 Å². The van der Waals surface area contributed by atoms with Crippen LogP contribution >= 0.6 is 0 Å². The molecule has 0 aliphatic carbocycles. The lowest BCUT2D eigenvalue weighted by atomic mass is 9.97. The minimum Gasteiger partial charge on any atom is -0.492 e. The van der Waals surface area contributed by atoms with E-state index in [0.29, 0.717) is 6.42 Å². The highest BCUT2D eigenvalue weighted by Crippen LogP contribution is 2.29. The molecule has 0 heterocycles. The summed E-state index contributed by atoms with van der Waals surface area (Å²) < 4.78 is 42.3. The fourth-order valence-electron chi connectivity index (χ4n) is 1.77. The fourth-order valence-corrected chi connectivity index (χ4v) is 1.77. The minimum absolute atomic E-state index is 0.00829. The van der Waals surface area contributed by atoms with Crippen LogP contribution in [-0.2, 0) is 11.2 Å². The maximum atomic E-state index is 12.3. The molecule has 1 atom stereocenters. The highest BCUT2D eigenvalue weighted by molar-refractivity contribution is 5.96. The highest BCUT2D eigenvalue weighted by atomic mass is 19.4. The molecule has 0 fully saturated rings. The van der Waals surface area contributed by atoms with E-state index in [2.05, 4.69) is 0 Å². The Hall–Kier alpha value is -1.76. The monoisotopic (exact) mass is 318 g/mol. The third-order valence-corrected chi connectivity index (χ3v) is 3.18. The summed E-state index contributed by atoms with van der Waals surface area (Å²) in [5.74, 6) is -1.55. The lowest BCUT2D eigenvalue weighted by Crippen LogP contribution is -2.30. The topological polar surface area (TPSA) is 64.3 Å². The maximum absolute atomic E-state index is 12.3. The molecule has 0 spiro atoms.